The molecular formula is C39H57N7O8S. The van der Waals surface area contributed by atoms with Gasteiger partial charge in [0.05, 0.1) is 48.1 Å². The summed E-state index contributed by atoms with van der Waals surface area (Å²) in [5, 5.41) is 15.9. The molecule has 0 fully saturated rings. The molecule has 2 heterocycles. The molecule has 5 N–H and O–H groups in total. The van der Waals surface area contributed by atoms with Crippen molar-refractivity contribution in [3.05, 3.63) is 60.6 Å². The summed E-state index contributed by atoms with van der Waals surface area (Å²) in [5.74, 6) is -0.775. The minimum Gasteiger partial charge on any atom is -0.490 e. The summed E-state index contributed by atoms with van der Waals surface area (Å²) < 4.78 is 42.1. The van der Waals surface area contributed by atoms with Crippen molar-refractivity contribution in [1.29, 1.82) is 0 Å². The van der Waals surface area contributed by atoms with E-state index in [4.69, 9.17) is 15.2 Å². The number of carbonyl (C=O) groups is 3. The molecule has 0 unspecified atom stereocenters. The second-order valence-electron chi connectivity index (χ2n) is 14.4. The first kappa shape index (κ1) is 43.2. The number of amides is 3. The Balaban J connectivity index is 1.45. The Morgan fingerprint density at radius 1 is 1.07 bits per heavy atom. The number of benzene rings is 2. The van der Waals surface area contributed by atoms with Crippen LogP contribution in [0.5, 0.6) is 5.75 Å². The molecule has 1 aliphatic heterocycles. The number of likely N-dealkylation sites (N-methyl/N-ethyl adjacent to an activating group) is 1. The van der Waals surface area contributed by atoms with Gasteiger partial charge in [0.2, 0.25) is 11.8 Å². The van der Waals surface area contributed by atoms with E-state index in [9.17, 15) is 27.9 Å². The number of hydrogen-bond acceptors (Lipinski definition) is 10. The Bertz CT molecular complexity index is 1850. The van der Waals surface area contributed by atoms with Crippen molar-refractivity contribution >= 4 is 44.8 Å². The van der Waals surface area contributed by atoms with E-state index >= 15 is 0 Å². The topological polar surface area (TPSA) is 198 Å². The maximum atomic E-state index is 14.4. The van der Waals surface area contributed by atoms with E-state index in [1.165, 1.54) is 23.9 Å². The average Bonchev–Trinajstić information content (AvgIpc) is 3.60. The van der Waals surface area contributed by atoms with Crippen molar-refractivity contribution < 1.29 is 37.4 Å². The first-order valence-electron chi connectivity index (χ1n) is 18.9. The predicted molar refractivity (Wildman–Crippen MR) is 211 cm³/mol. The van der Waals surface area contributed by atoms with Crippen LogP contribution in [0.1, 0.15) is 82.5 Å². The lowest BCUT2D eigenvalue weighted by Gasteiger charge is -2.35. The van der Waals surface area contributed by atoms with Crippen LogP contribution in [-0.4, -0.2) is 102 Å². The highest BCUT2D eigenvalue weighted by Crippen LogP contribution is 2.29. The molecule has 1 aliphatic rings. The predicted octanol–water partition coefficient (Wildman–Crippen LogP) is 4.65. The second-order valence-corrected chi connectivity index (χ2v) is 16.4. The smallest absolute Gasteiger partial charge is 0.261 e. The van der Waals surface area contributed by atoms with Gasteiger partial charge in [-0.05, 0) is 76.3 Å². The molecule has 16 heteroatoms. The van der Waals surface area contributed by atoms with E-state index in [1.54, 1.807) is 65.9 Å². The van der Waals surface area contributed by atoms with Crippen LogP contribution in [0.2, 0.25) is 0 Å². The SMILES string of the molecule is C[C@@H]1CCCCO[C@H](CN(C)S(=O)(=O)c2cn(C)cn2)[C@H](C)CN([C@@H](C)CO)C(=O)c2cc(NC(=O)CCCCCC(=O)Nc3ccccc3N)ccc2O1. The minimum atomic E-state index is -3.90. The lowest BCUT2D eigenvalue weighted by Crippen LogP contribution is -2.48. The van der Waals surface area contributed by atoms with E-state index in [0.29, 0.717) is 61.5 Å². The normalized spacial score (nSPS) is 19.2. The second kappa shape index (κ2) is 20.4. The van der Waals surface area contributed by atoms with Crippen LogP contribution in [0, 0.1) is 5.92 Å². The number of imidazole rings is 1. The number of aliphatic hydroxyl groups excluding tert-OH is 1. The molecule has 0 radical (unpaired) electrons. The molecule has 302 valence electrons. The lowest BCUT2D eigenvalue weighted by molar-refractivity contribution is -0.116. The van der Waals surface area contributed by atoms with Crippen LogP contribution in [0.25, 0.3) is 0 Å². The molecule has 0 saturated heterocycles. The summed E-state index contributed by atoms with van der Waals surface area (Å²) in [6, 6.07) is 11.4. The van der Waals surface area contributed by atoms with Gasteiger partial charge in [-0.3, -0.25) is 14.4 Å². The molecule has 3 aromatic rings. The first-order chi connectivity index (χ1) is 26.2. The number of rotatable bonds is 14. The van der Waals surface area contributed by atoms with Gasteiger partial charge in [-0.15, -0.1) is 0 Å². The number of aryl methyl sites for hydroxylation is 1. The molecule has 4 rings (SSSR count). The summed E-state index contributed by atoms with van der Waals surface area (Å²) in [5.41, 5.74) is 7.62. The van der Waals surface area contributed by atoms with Gasteiger partial charge in [0, 0.05) is 64.4 Å². The Kier molecular flexibility index (Phi) is 16.0. The van der Waals surface area contributed by atoms with Gasteiger partial charge >= 0.3 is 0 Å². The maximum Gasteiger partial charge on any atom is 0.261 e. The molecule has 1 aromatic heterocycles. The van der Waals surface area contributed by atoms with Crippen molar-refractivity contribution in [2.45, 2.75) is 95.4 Å². The monoisotopic (exact) mass is 783 g/mol. The van der Waals surface area contributed by atoms with E-state index in [2.05, 4.69) is 15.6 Å². The third kappa shape index (κ3) is 12.5. The molecule has 0 saturated carbocycles. The van der Waals surface area contributed by atoms with Crippen LogP contribution in [0.3, 0.4) is 0 Å². The number of anilines is 3. The number of nitrogens with two attached hydrogens (primary N) is 1. The number of ether oxygens (including phenoxy) is 2. The minimum absolute atomic E-state index is 0.0257. The van der Waals surface area contributed by atoms with Crippen molar-refractivity contribution in [3.63, 3.8) is 0 Å². The van der Waals surface area contributed by atoms with Crippen LogP contribution in [0.4, 0.5) is 17.1 Å². The molecule has 0 spiro atoms. The number of nitrogens with zero attached hydrogens (tertiary/aromatic N) is 4. The van der Waals surface area contributed by atoms with Gasteiger partial charge in [0.1, 0.15) is 5.75 Å². The molecule has 4 atom stereocenters. The van der Waals surface area contributed by atoms with Gasteiger partial charge in [-0.25, -0.2) is 13.4 Å². The summed E-state index contributed by atoms with van der Waals surface area (Å²) in [4.78, 5) is 45.3. The first-order valence-corrected chi connectivity index (χ1v) is 20.4. The Morgan fingerprint density at radius 3 is 2.45 bits per heavy atom. The molecule has 55 heavy (non-hydrogen) atoms. The molecule has 2 aromatic carbocycles. The third-order valence-electron chi connectivity index (χ3n) is 9.67. The van der Waals surface area contributed by atoms with Gasteiger partial charge in [0.15, 0.2) is 5.03 Å². The van der Waals surface area contributed by atoms with Crippen LogP contribution < -0.4 is 21.1 Å². The van der Waals surface area contributed by atoms with E-state index < -0.39 is 28.1 Å². The fourth-order valence-electron chi connectivity index (χ4n) is 6.29. The van der Waals surface area contributed by atoms with Gasteiger partial charge < -0.3 is 40.4 Å². The molecule has 0 aliphatic carbocycles. The van der Waals surface area contributed by atoms with Crippen LogP contribution in [0.15, 0.2) is 60.0 Å². The lowest BCUT2D eigenvalue weighted by atomic mass is 10.0. The zero-order chi connectivity index (χ0) is 40.1. The highest BCUT2D eigenvalue weighted by molar-refractivity contribution is 7.89. The molecule has 15 nitrogen and oxygen atoms in total. The van der Waals surface area contributed by atoms with Gasteiger partial charge in [0.25, 0.3) is 15.9 Å². The number of nitrogen functional groups attached to an aromatic ring is 1. The number of carbonyl (C=O) groups excluding carboxylic acids is 3. The van der Waals surface area contributed by atoms with E-state index in [-0.39, 0.29) is 60.5 Å². The summed E-state index contributed by atoms with van der Waals surface area (Å²) in [6.45, 7) is 5.79. The highest BCUT2D eigenvalue weighted by Gasteiger charge is 2.33. The van der Waals surface area contributed by atoms with E-state index in [0.717, 1.165) is 12.8 Å². The average molecular weight is 784 g/mol. The summed E-state index contributed by atoms with van der Waals surface area (Å²) in [6.07, 6.45) is 6.60. The fraction of sp³-hybridized carbons (Fsp3) is 0.538. The van der Waals surface area contributed by atoms with Gasteiger partial charge in [-0.1, -0.05) is 25.5 Å². The van der Waals surface area contributed by atoms with Crippen molar-refractivity contribution in [1.82, 2.24) is 18.8 Å². The maximum absolute atomic E-state index is 14.4. The fourth-order valence-corrected chi connectivity index (χ4v) is 7.43. The standard InChI is InChI=1S/C39H57N7O8S/c1-27-22-46(28(2)25-47)39(50)31-21-30(42-36(48)16-7-6-8-17-37(49)43-33-15-10-9-14-32(33)40)18-19-34(31)54-29(3)13-11-12-20-53-35(27)23-45(5)55(51,52)38-24-44(4)26-41-38/h9-10,14-15,18-19,21,24,26-29,35,47H,6-8,11-13,16-17,20,22-23,25,40H2,1-5H3,(H,42,48)(H,43,49)/t27-,28+,29-,35-/m1/s1. The third-order valence-corrected chi connectivity index (χ3v) is 11.4. The van der Waals surface area contributed by atoms with Crippen molar-refractivity contribution in [2.75, 3.05) is 49.7 Å². The number of hydrogen-bond donors (Lipinski definition) is 4. The Labute approximate surface area is 324 Å². The number of nitrogens with one attached hydrogen (secondary N) is 2. The number of sulfonamides is 1. The quantitative estimate of drug-likeness (QED) is 0.132. The molecular weight excluding hydrogens is 727 g/mol. The highest BCUT2D eigenvalue weighted by atomic mass is 32.2. The molecule has 0 bridgehead atoms. The Hall–Kier alpha value is -4.51. The zero-order valence-corrected chi connectivity index (χ0v) is 33.4. The number of unbranched alkanes of at least 4 members (excludes halogenated alkanes) is 2. The summed E-state index contributed by atoms with van der Waals surface area (Å²) in [7, 11) is -0.724. The number of aliphatic hydroxyl groups is 1. The largest absolute Gasteiger partial charge is 0.490 e. The van der Waals surface area contributed by atoms with Crippen LogP contribution >= 0.6 is 0 Å². The van der Waals surface area contributed by atoms with Gasteiger partial charge in [-0.2, -0.15) is 4.31 Å². The zero-order valence-electron chi connectivity index (χ0n) is 32.6. The number of fused-ring (bicyclic) bond motifs is 1. The van der Waals surface area contributed by atoms with E-state index in [1.807, 2.05) is 13.8 Å². The van der Waals surface area contributed by atoms with Crippen molar-refractivity contribution in [2.24, 2.45) is 13.0 Å². The number of aromatic nitrogens is 2. The van der Waals surface area contributed by atoms with Crippen molar-refractivity contribution in [3.8, 4) is 5.75 Å². The van der Waals surface area contributed by atoms with Crippen LogP contribution in [-0.2, 0) is 31.4 Å². The molecule has 3 amide bonds. The Morgan fingerprint density at radius 2 is 1.78 bits per heavy atom. The summed E-state index contributed by atoms with van der Waals surface area (Å²) >= 11 is 0. The number of para-hydroxylation sites is 2.